The maximum atomic E-state index is 12.9. The maximum absolute atomic E-state index is 12.9. The summed E-state index contributed by atoms with van der Waals surface area (Å²) in [4.78, 5) is 25.5. The number of hydrogen-bond acceptors (Lipinski definition) is 5. The quantitative estimate of drug-likeness (QED) is 0.0346. The Morgan fingerprint density at radius 2 is 0.682 bits per heavy atom. The lowest BCUT2D eigenvalue weighted by atomic mass is 10.1. The van der Waals surface area contributed by atoms with Crippen LogP contribution >= 0.6 is 0 Å². The molecular formula is C61H106O5. The van der Waals surface area contributed by atoms with Crippen LogP contribution in [0.15, 0.2) is 85.1 Å². The molecular weight excluding hydrogens is 813 g/mol. The van der Waals surface area contributed by atoms with E-state index in [4.69, 9.17) is 14.2 Å². The Balaban J connectivity index is 4.33. The summed E-state index contributed by atoms with van der Waals surface area (Å²) in [6.07, 6.45) is 74.5. The zero-order chi connectivity index (χ0) is 47.7. The minimum atomic E-state index is -0.555. The van der Waals surface area contributed by atoms with Gasteiger partial charge in [-0.15, -0.1) is 0 Å². The number of carbonyl (C=O) groups excluding carboxylic acids is 2. The summed E-state index contributed by atoms with van der Waals surface area (Å²) in [5.41, 5.74) is 0. The number of allylic oxidation sites excluding steroid dienone is 14. The molecule has 0 N–H and O–H groups in total. The van der Waals surface area contributed by atoms with Crippen LogP contribution in [0.2, 0.25) is 0 Å². The van der Waals surface area contributed by atoms with Crippen molar-refractivity contribution in [3.63, 3.8) is 0 Å². The summed E-state index contributed by atoms with van der Waals surface area (Å²) in [5.74, 6) is -0.419. The van der Waals surface area contributed by atoms with E-state index in [-0.39, 0.29) is 25.2 Å². The van der Waals surface area contributed by atoms with Crippen molar-refractivity contribution in [3.05, 3.63) is 85.1 Å². The molecule has 380 valence electrons. The second-order valence-corrected chi connectivity index (χ2v) is 18.4. The van der Waals surface area contributed by atoms with E-state index in [9.17, 15) is 9.59 Å². The average molecular weight is 920 g/mol. The van der Waals surface area contributed by atoms with Gasteiger partial charge in [-0.25, -0.2) is 0 Å². The molecule has 0 aromatic rings. The Bertz CT molecular complexity index is 1220. The summed E-state index contributed by atoms with van der Waals surface area (Å²) in [6, 6.07) is 0. The third kappa shape index (κ3) is 53.7. The number of esters is 2. The summed E-state index contributed by atoms with van der Waals surface area (Å²) < 4.78 is 17.4. The van der Waals surface area contributed by atoms with Crippen LogP contribution in [0.1, 0.15) is 265 Å². The summed E-state index contributed by atoms with van der Waals surface area (Å²) in [7, 11) is 0. The van der Waals surface area contributed by atoms with Gasteiger partial charge in [-0.3, -0.25) is 9.59 Å². The van der Waals surface area contributed by atoms with Crippen molar-refractivity contribution in [2.75, 3.05) is 19.8 Å². The van der Waals surface area contributed by atoms with Gasteiger partial charge in [-0.2, -0.15) is 0 Å². The molecule has 0 fully saturated rings. The highest BCUT2D eigenvalue weighted by Crippen LogP contribution is 2.14. The molecule has 0 bridgehead atoms. The van der Waals surface area contributed by atoms with E-state index in [0.29, 0.717) is 19.4 Å². The van der Waals surface area contributed by atoms with Gasteiger partial charge >= 0.3 is 11.9 Å². The molecule has 5 heteroatoms. The molecule has 0 heterocycles. The molecule has 0 aromatic heterocycles. The molecule has 0 saturated carbocycles. The van der Waals surface area contributed by atoms with Gasteiger partial charge in [0.15, 0.2) is 6.10 Å². The predicted octanol–water partition coefficient (Wildman–Crippen LogP) is 19.2. The molecule has 0 spiro atoms. The van der Waals surface area contributed by atoms with Crippen LogP contribution in [0, 0.1) is 0 Å². The van der Waals surface area contributed by atoms with E-state index in [0.717, 1.165) is 89.9 Å². The van der Waals surface area contributed by atoms with Crippen LogP contribution in [0.25, 0.3) is 0 Å². The second-order valence-electron chi connectivity index (χ2n) is 18.4. The van der Waals surface area contributed by atoms with E-state index in [2.05, 4.69) is 106 Å². The lowest BCUT2D eigenvalue weighted by Crippen LogP contribution is -2.30. The Morgan fingerprint density at radius 3 is 1.09 bits per heavy atom. The molecule has 0 radical (unpaired) electrons. The van der Waals surface area contributed by atoms with Gasteiger partial charge in [0.1, 0.15) is 6.61 Å². The Labute approximate surface area is 409 Å². The molecule has 0 amide bonds. The Hall–Kier alpha value is -2.92. The normalized spacial score (nSPS) is 12.8. The molecule has 0 rings (SSSR count). The molecule has 1 unspecified atom stereocenters. The third-order valence-corrected chi connectivity index (χ3v) is 11.9. The maximum Gasteiger partial charge on any atom is 0.306 e. The monoisotopic (exact) mass is 919 g/mol. The summed E-state index contributed by atoms with van der Waals surface area (Å²) in [5, 5.41) is 0. The Kier molecular flexibility index (Phi) is 53.9. The Morgan fingerprint density at radius 1 is 0.348 bits per heavy atom. The van der Waals surface area contributed by atoms with Crippen molar-refractivity contribution in [1.29, 1.82) is 0 Å². The first kappa shape index (κ1) is 63.1. The number of rotatable bonds is 51. The molecule has 0 aliphatic carbocycles. The molecule has 0 aliphatic heterocycles. The topological polar surface area (TPSA) is 61.8 Å². The van der Waals surface area contributed by atoms with E-state index >= 15 is 0 Å². The van der Waals surface area contributed by atoms with Gasteiger partial charge in [-0.05, 0) is 116 Å². The van der Waals surface area contributed by atoms with Gasteiger partial charge in [-0.1, -0.05) is 221 Å². The fraction of sp³-hybridized carbons (Fsp3) is 0.738. The molecule has 1 atom stereocenters. The molecule has 5 nitrogen and oxygen atoms in total. The number of carbonyl (C=O) groups is 2. The van der Waals surface area contributed by atoms with Crippen LogP contribution in [-0.2, 0) is 23.8 Å². The standard InChI is InChI=1S/C61H106O5/c1-4-7-10-13-16-19-22-25-28-31-33-36-39-42-45-48-51-54-60(62)65-58-59(57-64-56-53-50-47-44-41-38-35-30-27-24-21-18-15-12-9-6-3)66-61(63)55-52-49-46-43-40-37-34-32-29-26-23-20-17-14-11-8-5-2/h9,12,16-21,25-30,59H,4-8,10-11,13-15,22-24,31-58H2,1-3H3/b12-9-,19-16-,20-17-,21-18-,28-25-,29-26-,30-27-. The number of hydrogen-bond donors (Lipinski definition) is 0. The van der Waals surface area contributed by atoms with Crippen molar-refractivity contribution < 1.29 is 23.8 Å². The van der Waals surface area contributed by atoms with E-state index in [1.165, 1.54) is 141 Å². The largest absolute Gasteiger partial charge is 0.462 e. The molecule has 0 saturated heterocycles. The van der Waals surface area contributed by atoms with Crippen LogP contribution in [0.4, 0.5) is 0 Å². The second kappa shape index (κ2) is 56.4. The van der Waals surface area contributed by atoms with Crippen LogP contribution in [-0.4, -0.2) is 37.9 Å². The van der Waals surface area contributed by atoms with E-state index in [1.54, 1.807) is 0 Å². The van der Waals surface area contributed by atoms with Gasteiger partial charge in [0, 0.05) is 19.4 Å². The average Bonchev–Trinajstić information content (AvgIpc) is 3.32. The smallest absolute Gasteiger partial charge is 0.306 e. The molecule has 66 heavy (non-hydrogen) atoms. The third-order valence-electron chi connectivity index (χ3n) is 11.9. The lowest BCUT2D eigenvalue weighted by molar-refractivity contribution is -0.163. The lowest BCUT2D eigenvalue weighted by Gasteiger charge is -2.18. The fourth-order valence-electron chi connectivity index (χ4n) is 7.70. The number of ether oxygens (including phenoxy) is 3. The van der Waals surface area contributed by atoms with Gasteiger partial charge in [0.05, 0.1) is 6.61 Å². The predicted molar refractivity (Wildman–Crippen MR) is 288 cm³/mol. The highest BCUT2D eigenvalue weighted by Gasteiger charge is 2.17. The zero-order valence-electron chi connectivity index (χ0n) is 43.7. The van der Waals surface area contributed by atoms with Crippen molar-refractivity contribution >= 4 is 11.9 Å². The molecule has 0 aliphatic rings. The van der Waals surface area contributed by atoms with Crippen molar-refractivity contribution in [1.82, 2.24) is 0 Å². The number of unbranched alkanes of at least 4 members (excludes halogenated alkanes) is 26. The SMILES string of the molecule is CC/C=C\C/C=C\C/C=C\CCCCCCCCOCC(COC(=O)CCCCCCCCC/C=C\C/C=C\CCCCC)OC(=O)CCCCCCCCC/C=C\C/C=C\CCCCC. The summed E-state index contributed by atoms with van der Waals surface area (Å²) >= 11 is 0. The van der Waals surface area contributed by atoms with Crippen molar-refractivity contribution in [2.24, 2.45) is 0 Å². The first-order valence-corrected chi connectivity index (χ1v) is 28.1. The highest BCUT2D eigenvalue weighted by molar-refractivity contribution is 5.70. The first-order valence-electron chi connectivity index (χ1n) is 28.1. The van der Waals surface area contributed by atoms with E-state index < -0.39 is 6.10 Å². The fourth-order valence-corrected chi connectivity index (χ4v) is 7.70. The zero-order valence-corrected chi connectivity index (χ0v) is 43.7. The summed E-state index contributed by atoms with van der Waals surface area (Å²) in [6.45, 7) is 7.64. The van der Waals surface area contributed by atoms with E-state index in [1.807, 2.05) is 0 Å². The van der Waals surface area contributed by atoms with Crippen LogP contribution < -0.4 is 0 Å². The van der Waals surface area contributed by atoms with Gasteiger partial charge in [0.25, 0.3) is 0 Å². The van der Waals surface area contributed by atoms with Crippen molar-refractivity contribution in [3.8, 4) is 0 Å². The van der Waals surface area contributed by atoms with Crippen LogP contribution in [0.5, 0.6) is 0 Å². The van der Waals surface area contributed by atoms with Crippen LogP contribution in [0.3, 0.4) is 0 Å². The molecule has 0 aromatic carbocycles. The highest BCUT2D eigenvalue weighted by atomic mass is 16.6. The van der Waals surface area contributed by atoms with Gasteiger partial charge < -0.3 is 14.2 Å². The first-order chi connectivity index (χ1) is 32.6. The minimum Gasteiger partial charge on any atom is -0.462 e. The van der Waals surface area contributed by atoms with Crippen molar-refractivity contribution in [2.45, 2.75) is 271 Å². The minimum absolute atomic E-state index is 0.0697. The van der Waals surface area contributed by atoms with Gasteiger partial charge in [0.2, 0.25) is 0 Å².